The van der Waals surface area contributed by atoms with Crippen LogP contribution in [0.3, 0.4) is 0 Å². The second kappa shape index (κ2) is 7.14. The summed E-state index contributed by atoms with van der Waals surface area (Å²) in [7, 11) is 0. The number of aryl methyl sites for hydroxylation is 2. The van der Waals surface area contributed by atoms with Crippen LogP contribution < -0.4 is 10.1 Å². The van der Waals surface area contributed by atoms with Crippen LogP contribution in [-0.2, 0) is 0 Å². The number of carbonyl (C=O) groups excluding carboxylic acids is 1. The summed E-state index contributed by atoms with van der Waals surface area (Å²) < 4.78 is 33.5. The summed E-state index contributed by atoms with van der Waals surface area (Å²) in [5, 5.41) is 2.89. The molecule has 1 unspecified atom stereocenters. The maximum absolute atomic E-state index is 14.1. The van der Waals surface area contributed by atoms with Gasteiger partial charge in [0.2, 0.25) is 0 Å². The van der Waals surface area contributed by atoms with Gasteiger partial charge in [-0.15, -0.1) is 0 Å². The van der Waals surface area contributed by atoms with Gasteiger partial charge in [0.1, 0.15) is 22.9 Å². The Labute approximate surface area is 160 Å². The van der Waals surface area contributed by atoms with Gasteiger partial charge in [0.25, 0.3) is 5.91 Å². The number of hydrogen-bond donors (Lipinski definition) is 1. The van der Waals surface area contributed by atoms with Crippen LogP contribution in [0.25, 0.3) is 11.0 Å². The Kier molecular flexibility index (Phi) is 4.66. The zero-order chi connectivity index (χ0) is 19.8. The van der Waals surface area contributed by atoms with Crippen molar-refractivity contribution in [1.29, 1.82) is 0 Å². The molecule has 0 saturated carbocycles. The van der Waals surface area contributed by atoms with E-state index in [4.69, 9.17) is 4.74 Å². The van der Waals surface area contributed by atoms with Crippen molar-refractivity contribution >= 4 is 16.9 Å². The molecule has 1 aliphatic rings. The van der Waals surface area contributed by atoms with E-state index in [1.807, 2.05) is 0 Å². The Bertz CT molecular complexity index is 1080. The SMILES string of the molecule is Cc1nc2cc(F)cc(C(=O)NC3CCCOc4ccc(F)cc43)c2nc1C. The van der Waals surface area contributed by atoms with E-state index in [1.54, 1.807) is 19.9 Å². The highest BCUT2D eigenvalue weighted by molar-refractivity contribution is 6.05. The Hall–Kier alpha value is -3.09. The van der Waals surface area contributed by atoms with E-state index in [0.29, 0.717) is 53.2 Å². The molecule has 0 spiro atoms. The number of nitrogens with zero attached hydrogens (tertiary/aromatic N) is 2. The van der Waals surface area contributed by atoms with Crippen LogP contribution in [0.2, 0.25) is 0 Å². The fourth-order valence-corrected chi connectivity index (χ4v) is 3.40. The minimum atomic E-state index is -0.564. The molecule has 1 atom stereocenters. The lowest BCUT2D eigenvalue weighted by atomic mass is 10.0. The largest absolute Gasteiger partial charge is 0.493 e. The molecule has 28 heavy (non-hydrogen) atoms. The summed E-state index contributed by atoms with van der Waals surface area (Å²) in [4.78, 5) is 21.8. The van der Waals surface area contributed by atoms with Gasteiger partial charge in [0.05, 0.1) is 35.1 Å². The molecular weight excluding hydrogens is 364 g/mol. The summed E-state index contributed by atoms with van der Waals surface area (Å²) >= 11 is 0. The third-order valence-corrected chi connectivity index (χ3v) is 4.94. The van der Waals surface area contributed by atoms with Crippen molar-refractivity contribution in [1.82, 2.24) is 15.3 Å². The van der Waals surface area contributed by atoms with E-state index >= 15 is 0 Å². The number of nitrogens with one attached hydrogen (secondary N) is 1. The van der Waals surface area contributed by atoms with Crippen LogP contribution in [0, 0.1) is 25.5 Å². The van der Waals surface area contributed by atoms with Crippen molar-refractivity contribution in [2.75, 3.05) is 6.61 Å². The molecule has 4 rings (SSSR count). The first-order valence-corrected chi connectivity index (χ1v) is 9.10. The number of amides is 1. The number of ether oxygens (including phenoxy) is 1. The predicted molar refractivity (Wildman–Crippen MR) is 100 cm³/mol. The summed E-state index contributed by atoms with van der Waals surface area (Å²) in [6, 6.07) is 6.21. The highest BCUT2D eigenvalue weighted by atomic mass is 19.1. The van der Waals surface area contributed by atoms with E-state index < -0.39 is 23.6 Å². The molecule has 2 heterocycles. The van der Waals surface area contributed by atoms with Crippen LogP contribution in [-0.4, -0.2) is 22.5 Å². The van der Waals surface area contributed by atoms with E-state index in [1.165, 1.54) is 18.2 Å². The molecule has 144 valence electrons. The summed E-state index contributed by atoms with van der Waals surface area (Å²) in [6.07, 6.45) is 1.28. The lowest BCUT2D eigenvalue weighted by Gasteiger charge is -2.19. The van der Waals surface area contributed by atoms with Gasteiger partial charge in [-0.25, -0.2) is 18.7 Å². The molecule has 3 aromatic rings. The monoisotopic (exact) mass is 383 g/mol. The molecule has 0 radical (unpaired) electrons. The van der Waals surface area contributed by atoms with E-state index in [-0.39, 0.29) is 5.56 Å². The molecular formula is C21H19F2N3O2. The van der Waals surface area contributed by atoms with Crippen molar-refractivity contribution in [2.24, 2.45) is 0 Å². The molecule has 1 aliphatic heterocycles. The van der Waals surface area contributed by atoms with Gasteiger partial charge in [0, 0.05) is 11.6 Å². The van der Waals surface area contributed by atoms with E-state index in [2.05, 4.69) is 15.3 Å². The quantitative estimate of drug-likeness (QED) is 0.721. The summed E-state index contributed by atoms with van der Waals surface area (Å²) in [5.74, 6) is -0.911. The lowest BCUT2D eigenvalue weighted by molar-refractivity contribution is 0.0935. The number of aromatic nitrogens is 2. The van der Waals surface area contributed by atoms with Gasteiger partial charge >= 0.3 is 0 Å². The second-order valence-corrected chi connectivity index (χ2v) is 6.91. The summed E-state index contributed by atoms with van der Waals surface area (Å²) in [5.41, 5.74) is 2.69. The first kappa shape index (κ1) is 18.3. The van der Waals surface area contributed by atoms with E-state index in [0.717, 1.165) is 6.07 Å². The molecule has 5 nitrogen and oxygen atoms in total. The van der Waals surface area contributed by atoms with Crippen LogP contribution >= 0.6 is 0 Å². The van der Waals surface area contributed by atoms with Gasteiger partial charge in [0.15, 0.2) is 0 Å². The van der Waals surface area contributed by atoms with Crippen LogP contribution in [0.15, 0.2) is 30.3 Å². The number of hydrogen-bond acceptors (Lipinski definition) is 4. The third kappa shape index (κ3) is 3.40. The smallest absolute Gasteiger partial charge is 0.254 e. The number of benzene rings is 2. The van der Waals surface area contributed by atoms with Crippen LogP contribution in [0.4, 0.5) is 8.78 Å². The van der Waals surface area contributed by atoms with Gasteiger partial charge in [-0.1, -0.05) is 0 Å². The second-order valence-electron chi connectivity index (χ2n) is 6.91. The fraction of sp³-hybridized carbons (Fsp3) is 0.286. The number of carbonyl (C=O) groups is 1. The minimum absolute atomic E-state index is 0.105. The van der Waals surface area contributed by atoms with Gasteiger partial charge in [-0.05, 0) is 51.0 Å². The maximum atomic E-state index is 14.1. The van der Waals surface area contributed by atoms with Crippen molar-refractivity contribution < 1.29 is 18.3 Å². The zero-order valence-corrected chi connectivity index (χ0v) is 15.6. The average Bonchev–Trinajstić information content (AvgIpc) is 2.84. The Morgan fingerprint density at radius 2 is 1.89 bits per heavy atom. The first-order chi connectivity index (χ1) is 13.4. The van der Waals surface area contributed by atoms with Crippen LogP contribution in [0.5, 0.6) is 5.75 Å². The van der Waals surface area contributed by atoms with Crippen molar-refractivity contribution in [2.45, 2.75) is 32.7 Å². The maximum Gasteiger partial charge on any atom is 0.254 e. The van der Waals surface area contributed by atoms with Gasteiger partial charge in [-0.3, -0.25) is 4.79 Å². The molecule has 1 amide bonds. The Morgan fingerprint density at radius 1 is 1.11 bits per heavy atom. The topological polar surface area (TPSA) is 64.1 Å². The molecule has 1 N–H and O–H groups in total. The number of fused-ring (bicyclic) bond motifs is 2. The third-order valence-electron chi connectivity index (χ3n) is 4.94. The Morgan fingerprint density at radius 3 is 2.71 bits per heavy atom. The van der Waals surface area contributed by atoms with Gasteiger partial charge < -0.3 is 10.1 Å². The Balaban J connectivity index is 1.73. The minimum Gasteiger partial charge on any atom is -0.493 e. The molecule has 0 aliphatic carbocycles. The highest BCUT2D eigenvalue weighted by Crippen LogP contribution is 2.32. The van der Waals surface area contributed by atoms with Crippen molar-refractivity contribution in [3.8, 4) is 5.75 Å². The molecule has 7 heteroatoms. The standard InChI is InChI=1S/C21H19F2N3O2/c1-11-12(2)25-20-16(9-14(23)10-18(20)24-11)21(27)26-17-4-3-7-28-19-6-5-13(22)8-15(17)19/h5-6,8-10,17H,3-4,7H2,1-2H3,(H,26,27). The highest BCUT2D eigenvalue weighted by Gasteiger charge is 2.24. The van der Waals surface area contributed by atoms with E-state index in [9.17, 15) is 13.6 Å². The predicted octanol–water partition coefficient (Wildman–Crippen LogP) is 4.17. The molecule has 2 aromatic carbocycles. The lowest BCUT2D eigenvalue weighted by Crippen LogP contribution is -2.29. The van der Waals surface area contributed by atoms with Crippen molar-refractivity contribution in [3.05, 3.63) is 64.5 Å². The molecule has 1 aromatic heterocycles. The molecule has 0 saturated heterocycles. The zero-order valence-electron chi connectivity index (χ0n) is 15.6. The summed E-state index contributed by atoms with van der Waals surface area (Å²) in [6.45, 7) is 4.05. The van der Waals surface area contributed by atoms with Crippen LogP contribution in [0.1, 0.15) is 46.2 Å². The molecule has 0 fully saturated rings. The molecule has 0 bridgehead atoms. The fourth-order valence-electron chi connectivity index (χ4n) is 3.40. The average molecular weight is 383 g/mol. The normalized spacial score (nSPS) is 16.2. The number of halogens is 2. The van der Waals surface area contributed by atoms with Crippen molar-refractivity contribution in [3.63, 3.8) is 0 Å². The van der Waals surface area contributed by atoms with Gasteiger partial charge in [-0.2, -0.15) is 0 Å². The first-order valence-electron chi connectivity index (χ1n) is 9.10. The number of rotatable bonds is 2.